The summed E-state index contributed by atoms with van der Waals surface area (Å²) in [6.45, 7) is 4.50. The number of rotatable bonds is 5. The Labute approximate surface area is 197 Å². The van der Waals surface area contributed by atoms with E-state index in [0.717, 1.165) is 11.1 Å². The predicted octanol–water partition coefficient (Wildman–Crippen LogP) is 9.28. The second-order valence-corrected chi connectivity index (χ2v) is 8.78. The van der Waals surface area contributed by atoms with Gasteiger partial charge in [-0.05, 0) is 62.1 Å². The van der Waals surface area contributed by atoms with Gasteiger partial charge in [0.05, 0.1) is 0 Å². The van der Waals surface area contributed by atoms with Gasteiger partial charge in [0.25, 0.3) is 0 Å². The highest BCUT2D eigenvalue weighted by atomic mass is 14.1. The van der Waals surface area contributed by atoms with Gasteiger partial charge in [-0.2, -0.15) is 0 Å². The average Bonchev–Trinajstić information content (AvgIpc) is 2.89. The summed E-state index contributed by atoms with van der Waals surface area (Å²) in [4.78, 5) is 0. The topological polar surface area (TPSA) is 0 Å². The number of benzene rings is 5. The van der Waals surface area contributed by atoms with Crippen LogP contribution in [0.5, 0.6) is 0 Å². The molecular formula is C33H27. The Morgan fingerprint density at radius 2 is 0.758 bits per heavy atom. The second kappa shape index (κ2) is 9.30. The molecule has 0 spiro atoms. The van der Waals surface area contributed by atoms with Gasteiger partial charge in [-0.3, -0.25) is 0 Å². The Bertz CT molecular complexity index is 1230. The first-order valence-electron chi connectivity index (χ1n) is 11.6. The molecule has 5 rings (SSSR count). The molecule has 0 atom stereocenters. The maximum atomic E-state index is 3.69. The second-order valence-electron chi connectivity index (χ2n) is 8.78. The molecule has 0 saturated carbocycles. The molecule has 0 aromatic heterocycles. The summed E-state index contributed by atoms with van der Waals surface area (Å²) < 4.78 is 0. The van der Waals surface area contributed by atoms with Crippen molar-refractivity contribution in [2.45, 2.75) is 19.8 Å². The van der Waals surface area contributed by atoms with Crippen LogP contribution in [0.4, 0.5) is 0 Å². The van der Waals surface area contributed by atoms with Crippen LogP contribution in [-0.2, 0) is 0 Å². The summed E-state index contributed by atoms with van der Waals surface area (Å²) in [7, 11) is 0. The van der Waals surface area contributed by atoms with Crippen molar-refractivity contribution in [2.24, 2.45) is 0 Å². The fourth-order valence-corrected chi connectivity index (χ4v) is 4.18. The van der Waals surface area contributed by atoms with Crippen molar-refractivity contribution in [1.29, 1.82) is 0 Å². The summed E-state index contributed by atoms with van der Waals surface area (Å²) >= 11 is 0. The number of hydrogen-bond acceptors (Lipinski definition) is 0. The summed E-state index contributed by atoms with van der Waals surface area (Å²) in [5, 5.41) is 0. The molecule has 0 unspecified atom stereocenters. The Morgan fingerprint density at radius 1 is 0.424 bits per heavy atom. The van der Waals surface area contributed by atoms with Crippen LogP contribution < -0.4 is 0 Å². The first-order valence-corrected chi connectivity index (χ1v) is 11.6. The zero-order chi connectivity index (χ0) is 22.6. The first kappa shape index (κ1) is 21.0. The van der Waals surface area contributed by atoms with Gasteiger partial charge in [-0.15, -0.1) is 0 Å². The Balaban J connectivity index is 1.50. The molecule has 159 valence electrons. The molecular weight excluding hydrogens is 396 g/mol. The fourth-order valence-electron chi connectivity index (χ4n) is 4.18. The molecule has 1 radical (unpaired) electrons. The summed E-state index contributed by atoms with van der Waals surface area (Å²) in [5.41, 5.74) is 10.9. The van der Waals surface area contributed by atoms with Gasteiger partial charge in [0, 0.05) is 0 Å². The Hall–Kier alpha value is -3.90. The van der Waals surface area contributed by atoms with Crippen molar-refractivity contribution in [1.82, 2.24) is 0 Å². The van der Waals surface area contributed by atoms with E-state index in [1.54, 1.807) is 0 Å². The van der Waals surface area contributed by atoms with Gasteiger partial charge in [0.2, 0.25) is 0 Å². The third-order valence-corrected chi connectivity index (χ3v) is 6.16. The minimum Gasteiger partial charge on any atom is -0.0622 e. The lowest BCUT2D eigenvalue weighted by atomic mass is 9.91. The average molecular weight is 424 g/mol. The molecule has 33 heavy (non-hydrogen) atoms. The maximum absolute atomic E-state index is 3.69. The molecule has 0 nitrogen and oxygen atoms in total. The Kier molecular flexibility index (Phi) is 5.91. The van der Waals surface area contributed by atoms with E-state index in [0.29, 0.717) is 5.92 Å². The molecule has 5 aromatic rings. The zero-order valence-corrected chi connectivity index (χ0v) is 19.1. The highest BCUT2D eigenvalue weighted by molar-refractivity contribution is 5.77. The van der Waals surface area contributed by atoms with Gasteiger partial charge in [0.1, 0.15) is 0 Å². The third-order valence-electron chi connectivity index (χ3n) is 6.16. The molecule has 0 amide bonds. The number of hydrogen-bond donors (Lipinski definition) is 0. The van der Waals surface area contributed by atoms with E-state index in [1.807, 2.05) is 0 Å². The smallest absolute Gasteiger partial charge is 0.00141 e. The van der Waals surface area contributed by atoms with Gasteiger partial charge >= 0.3 is 0 Å². The minimum atomic E-state index is 0.448. The van der Waals surface area contributed by atoms with E-state index in [9.17, 15) is 0 Å². The summed E-state index contributed by atoms with van der Waals surface area (Å²) in [6.07, 6.45) is 0. The lowest BCUT2D eigenvalue weighted by molar-refractivity contribution is 0.867. The van der Waals surface area contributed by atoms with Crippen LogP contribution in [0.15, 0.2) is 121 Å². The van der Waals surface area contributed by atoms with Crippen molar-refractivity contribution in [3.63, 3.8) is 0 Å². The monoisotopic (exact) mass is 423 g/mol. The molecule has 0 heterocycles. The first-order chi connectivity index (χ1) is 16.2. The van der Waals surface area contributed by atoms with Crippen molar-refractivity contribution >= 4 is 0 Å². The molecule has 0 aliphatic rings. The molecule has 5 aromatic carbocycles. The minimum absolute atomic E-state index is 0.448. The fraction of sp³-hybridized carbons (Fsp3) is 0.0909. The van der Waals surface area contributed by atoms with Crippen molar-refractivity contribution < 1.29 is 0 Å². The maximum Gasteiger partial charge on any atom is -0.00141 e. The molecule has 0 fully saturated rings. The van der Waals surface area contributed by atoms with Crippen LogP contribution >= 0.6 is 0 Å². The third kappa shape index (κ3) is 4.66. The molecule has 0 bridgehead atoms. The quantitative estimate of drug-likeness (QED) is 0.264. The lowest BCUT2D eigenvalue weighted by Gasteiger charge is -2.13. The van der Waals surface area contributed by atoms with Crippen LogP contribution in [0.2, 0.25) is 0 Å². The summed E-state index contributed by atoms with van der Waals surface area (Å²) in [5.74, 6) is 0.448. The van der Waals surface area contributed by atoms with E-state index >= 15 is 0 Å². The Morgan fingerprint density at radius 3 is 1.12 bits per heavy atom. The van der Waals surface area contributed by atoms with Gasteiger partial charge in [0.15, 0.2) is 0 Å². The van der Waals surface area contributed by atoms with E-state index < -0.39 is 0 Å². The van der Waals surface area contributed by atoms with Crippen LogP contribution in [0, 0.1) is 6.07 Å². The zero-order valence-electron chi connectivity index (χ0n) is 19.1. The van der Waals surface area contributed by atoms with E-state index in [-0.39, 0.29) is 0 Å². The van der Waals surface area contributed by atoms with E-state index in [4.69, 9.17) is 0 Å². The summed E-state index contributed by atoms with van der Waals surface area (Å²) in [6, 6.07) is 46.9. The molecule has 0 N–H and O–H groups in total. The highest BCUT2D eigenvalue weighted by Gasteiger charge is 2.09. The van der Waals surface area contributed by atoms with Gasteiger partial charge in [-0.25, -0.2) is 0 Å². The van der Waals surface area contributed by atoms with Crippen molar-refractivity contribution in [3.8, 4) is 44.5 Å². The van der Waals surface area contributed by atoms with Gasteiger partial charge < -0.3 is 0 Å². The van der Waals surface area contributed by atoms with Gasteiger partial charge in [-0.1, -0.05) is 135 Å². The van der Waals surface area contributed by atoms with Crippen LogP contribution in [0.25, 0.3) is 44.5 Å². The molecule has 0 saturated heterocycles. The molecule has 0 heteroatoms. The van der Waals surface area contributed by atoms with Crippen molar-refractivity contribution in [2.75, 3.05) is 0 Å². The lowest BCUT2D eigenvalue weighted by Crippen LogP contribution is -1.92. The van der Waals surface area contributed by atoms with E-state index in [2.05, 4.69) is 141 Å². The van der Waals surface area contributed by atoms with Crippen molar-refractivity contribution in [3.05, 3.63) is 133 Å². The van der Waals surface area contributed by atoms with E-state index in [1.165, 1.54) is 38.9 Å². The van der Waals surface area contributed by atoms with Crippen LogP contribution in [0.3, 0.4) is 0 Å². The SMILES string of the molecule is CC(C)c1cc(-c2ccc(-c3ccccc3)cc2)[c]c(-c2ccc(-c3ccccc3)cc2)c1. The predicted molar refractivity (Wildman–Crippen MR) is 141 cm³/mol. The molecule has 0 aliphatic carbocycles. The standard InChI is InChI=1S/C33H27/c1-24(2)31-21-32(29-17-13-27(14-18-29)25-9-5-3-6-10-25)23-33(22-31)30-19-15-28(16-20-30)26-11-7-4-8-12-26/h3-22,24H,1-2H3. The van der Waals surface area contributed by atoms with Crippen LogP contribution in [0.1, 0.15) is 25.3 Å². The molecule has 0 aliphatic heterocycles. The largest absolute Gasteiger partial charge is 0.0622 e. The highest BCUT2D eigenvalue weighted by Crippen LogP contribution is 2.32. The normalized spacial score (nSPS) is 11.0. The van der Waals surface area contributed by atoms with Crippen LogP contribution in [-0.4, -0.2) is 0 Å².